The molecule has 1 aromatic heterocycles. The Morgan fingerprint density at radius 2 is 1.70 bits per heavy atom. The average molecular weight is 682 g/mol. The fraction of sp³-hybridized carbons (Fsp3) is 0.767. The number of ether oxygens (including phenoxy) is 5. The second-order valence-corrected chi connectivity index (χ2v) is 9.68. The summed E-state index contributed by atoms with van der Waals surface area (Å²) in [5, 5.41) is 19.5. The Labute approximate surface area is 284 Å². The minimum atomic E-state index is -0.0864. The Bertz CT molecular complexity index is 914. The molecule has 0 aromatic carbocycles. The van der Waals surface area contributed by atoms with Crippen LogP contribution in [0.3, 0.4) is 0 Å². The predicted octanol–water partition coefficient (Wildman–Crippen LogP) is 3.47. The van der Waals surface area contributed by atoms with Crippen LogP contribution in [0.4, 0.5) is 5.82 Å². The van der Waals surface area contributed by atoms with E-state index in [0.29, 0.717) is 76.7 Å². The fourth-order valence-electron chi connectivity index (χ4n) is 4.24. The van der Waals surface area contributed by atoms with Crippen molar-refractivity contribution in [2.24, 2.45) is 0 Å². The van der Waals surface area contributed by atoms with E-state index in [4.69, 9.17) is 30.1 Å². The van der Waals surface area contributed by atoms with Gasteiger partial charge in [-0.05, 0) is 64.8 Å². The first-order chi connectivity index (χ1) is 20.4. The number of carbonyl (C=O) groups excluding carboxylic acids is 1. The third-order valence-corrected chi connectivity index (χ3v) is 6.64. The smallest absolute Gasteiger partial charge is 0.122 e. The topological polar surface area (TPSA) is 124 Å². The van der Waals surface area contributed by atoms with Gasteiger partial charge in [0.2, 0.25) is 0 Å². The average Bonchev–Trinajstić information content (AvgIpc) is 3.64. The summed E-state index contributed by atoms with van der Waals surface area (Å²) in [6, 6.07) is 0.405. The summed E-state index contributed by atoms with van der Waals surface area (Å²) in [7, 11) is 3.85. The quantitative estimate of drug-likeness (QED) is 0.0849. The van der Waals surface area contributed by atoms with E-state index < -0.39 is 0 Å². The number of piperazine rings is 1. The van der Waals surface area contributed by atoms with Crippen LogP contribution in [0.5, 0.6) is 0 Å². The van der Waals surface area contributed by atoms with Crippen molar-refractivity contribution in [3.05, 3.63) is 22.5 Å². The van der Waals surface area contributed by atoms with E-state index in [-0.39, 0.29) is 50.9 Å². The molecule has 0 N–H and O–H groups in total. The van der Waals surface area contributed by atoms with Crippen molar-refractivity contribution in [2.45, 2.75) is 65.3 Å². The van der Waals surface area contributed by atoms with Gasteiger partial charge in [0.05, 0.1) is 58.6 Å². The largest absolute Gasteiger partial charge is 0.467 e. The molecule has 0 bridgehead atoms. The number of carbonyl (C=O) groups is 1. The minimum absolute atomic E-state index is 0. The van der Waals surface area contributed by atoms with Crippen LogP contribution in [-0.2, 0) is 61.2 Å². The van der Waals surface area contributed by atoms with Crippen molar-refractivity contribution in [3.8, 4) is 12.3 Å². The molecule has 1 aromatic rings. The second kappa shape index (κ2) is 25.9. The first-order valence-electron chi connectivity index (χ1n) is 14.9. The van der Waals surface area contributed by atoms with Gasteiger partial charge >= 0.3 is 0 Å². The Morgan fingerprint density at radius 1 is 1.09 bits per heavy atom. The van der Waals surface area contributed by atoms with E-state index in [1.54, 1.807) is 17.9 Å². The van der Waals surface area contributed by atoms with Gasteiger partial charge in [-0.15, -0.1) is 6.42 Å². The molecule has 1 radical (unpaired) electrons. The number of terminal acetylenes is 1. The molecule has 13 heteroatoms. The molecule has 2 unspecified atom stereocenters. The normalized spacial score (nSPS) is 19.7. The maximum Gasteiger partial charge on any atom is 0.122 e. The summed E-state index contributed by atoms with van der Waals surface area (Å²) in [5.74, 6) is 3.32. The molecule has 0 aliphatic carbocycles. The second-order valence-electron chi connectivity index (χ2n) is 9.68. The Kier molecular flexibility index (Phi) is 25.0. The van der Waals surface area contributed by atoms with Crippen LogP contribution in [0.25, 0.3) is 10.7 Å². The number of aromatic nitrogens is 2. The van der Waals surface area contributed by atoms with Crippen LogP contribution in [0.15, 0.2) is 6.20 Å². The van der Waals surface area contributed by atoms with Gasteiger partial charge < -0.3 is 53.7 Å². The molecule has 2 aliphatic rings. The maximum atomic E-state index is 10.7. The third kappa shape index (κ3) is 15.9. The fourth-order valence-corrected chi connectivity index (χ4v) is 4.24. The molecule has 3 atom stereocenters. The number of aldehydes is 1. The minimum Gasteiger partial charge on any atom is -0.467 e. The zero-order valence-electron chi connectivity index (χ0n) is 27.1. The number of nitrogens with zero attached hydrogens (tertiary/aromatic N) is 6. The van der Waals surface area contributed by atoms with Crippen molar-refractivity contribution >= 4 is 17.9 Å². The number of hydrogen-bond acceptors (Lipinski definition) is 8. The molecule has 2 fully saturated rings. The molecule has 0 amide bonds. The summed E-state index contributed by atoms with van der Waals surface area (Å²) < 4.78 is 28.3. The summed E-state index contributed by atoms with van der Waals surface area (Å²) >= 11 is 0. The molecule has 0 spiro atoms. The van der Waals surface area contributed by atoms with Crippen LogP contribution < -0.4 is 0 Å². The van der Waals surface area contributed by atoms with Crippen molar-refractivity contribution < 1.29 is 61.2 Å². The van der Waals surface area contributed by atoms with Crippen LogP contribution in [0.1, 0.15) is 58.7 Å². The monoisotopic (exact) mass is 681 g/mol. The van der Waals surface area contributed by atoms with Gasteiger partial charge in [-0.2, -0.15) is 0 Å². The molecule has 3 rings (SSSR count). The summed E-state index contributed by atoms with van der Waals surface area (Å²) in [4.78, 5) is 14.3. The zero-order chi connectivity index (χ0) is 31.2. The molecule has 2 aliphatic heterocycles. The number of likely N-dealkylation sites (N-methyl/N-ethyl adjacent to an activating group) is 1. The number of hydrogen-bond donors (Lipinski definition) is 0. The van der Waals surface area contributed by atoms with Crippen LogP contribution in [0.2, 0.25) is 0 Å². The van der Waals surface area contributed by atoms with E-state index in [1.165, 1.54) is 0 Å². The van der Waals surface area contributed by atoms with Crippen LogP contribution in [0, 0.1) is 12.3 Å². The molecule has 243 valence electrons. The zero-order valence-corrected chi connectivity index (χ0v) is 29.9. The predicted molar refractivity (Wildman–Crippen MR) is 165 cm³/mol. The number of rotatable bonds is 16. The van der Waals surface area contributed by atoms with Gasteiger partial charge in [0.25, 0.3) is 0 Å². The maximum absolute atomic E-state index is 10.7. The van der Waals surface area contributed by atoms with E-state index >= 15 is 0 Å². The van der Waals surface area contributed by atoms with E-state index in [1.807, 2.05) is 18.7 Å². The first kappa shape index (κ1) is 41.6. The summed E-state index contributed by atoms with van der Waals surface area (Å²) in [5.41, 5.74) is 0.687. The van der Waals surface area contributed by atoms with Crippen molar-refractivity contribution in [3.63, 3.8) is 0 Å². The summed E-state index contributed by atoms with van der Waals surface area (Å²) in [6.07, 6.45) is 10.1. The van der Waals surface area contributed by atoms with Gasteiger partial charge in [-0.1, -0.05) is 32.7 Å². The van der Waals surface area contributed by atoms with Crippen molar-refractivity contribution in [1.29, 1.82) is 0 Å². The first-order valence-corrected chi connectivity index (χ1v) is 14.9. The van der Waals surface area contributed by atoms with Crippen molar-refractivity contribution in [2.75, 3.05) is 86.6 Å². The molecule has 12 nitrogen and oxygen atoms in total. The Hall–Kier alpha value is -1.43. The van der Waals surface area contributed by atoms with Gasteiger partial charge in [0.1, 0.15) is 12.9 Å². The van der Waals surface area contributed by atoms with E-state index in [0.717, 1.165) is 38.8 Å². The number of amidine groups is 1. The molecule has 0 saturated carbocycles. The van der Waals surface area contributed by atoms with E-state index in [2.05, 4.69) is 42.1 Å². The Morgan fingerprint density at radius 3 is 2.21 bits per heavy atom. The van der Waals surface area contributed by atoms with Gasteiger partial charge in [-0.3, -0.25) is 5.10 Å². The van der Waals surface area contributed by atoms with Gasteiger partial charge in [0, 0.05) is 51.4 Å². The summed E-state index contributed by atoms with van der Waals surface area (Å²) in [6.45, 7) is 14.6. The van der Waals surface area contributed by atoms with Gasteiger partial charge in [0.15, 0.2) is 0 Å². The Balaban J connectivity index is 0.000000794. The third-order valence-electron chi connectivity index (χ3n) is 6.64. The SMILES string of the molecule is C#CCOCCOCCOCCOCCC=O.CC.C[N-]c1c(C(=[N-])N2CCN(C)[C@@H](C)C2)cnn1C1CCC(C)O1.[Y]. The molecular weight excluding hydrogens is 629 g/mol. The molecular formula is C30H52N6O6Y-2. The molecule has 3 heterocycles. The van der Waals surface area contributed by atoms with Crippen LogP contribution in [-0.4, -0.2) is 130 Å². The standard InChI is InChI=1S/C16H26N6O.C12H20O5.C2H6.Y/c1-11-10-21(8-7-20(11)4)15(17)13-9-19-22(16(13)18-3)14-6-5-12(2)23-14;1-2-5-14-7-9-16-11-12-17-10-8-15-6-3-4-13;1-2;/h9,11-12,14H,5-8,10H2,1-4H3;1,4H,3,5-12H2;1-2H3;/q-2;;;/t11-,12?,14?;;;/m0.../s1. The molecule has 2 saturated heterocycles. The van der Waals surface area contributed by atoms with Gasteiger partial charge in [-0.25, -0.2) is 0 Å². The molecule has 43 heavy (non-hydrogen) atoms. The van der Waals surface area contributed by atoms with Crippen molar-refractivity contribution in [1.82, 2.24) is 19.6 Å². The van der Waals surface area contributed by atoms with E-state index in [9.17, 15) is 10.2 Å². The van der Waals surface area contributed by atoms with Crippen LogP contribution >= 0.6 is 0 Å².